The maximum atomic E-state index is 13.8. The monoisotopic (exact) mass is 923 g/mol. The summed E-state index contributed by atoms with van der Waals surface area (Å²) < 4.78 is 54.9. The number of guanidine groups is 1. The van der Waals surface area contributed by atoms with Gasteiger partial charge in [-0.05, 0) is 145 Å². The van der Waals surface area contributed by atoms with Gasteiger partial charge in [-0.1, -0.05) is 18.2 Å². The minimum Gasteiger partial charge on any atom is -0.487 e. The quantitative estimate of drug-likeness (QED) is 0.0534. The van der Waals surface area contributed by atoms with E-state index in [2.05, 4.69) is 20.3 Å². The van der Waals surface area contributed by atoms with Crippen molar-refractivity contribution in [1.29, 1.82) is 0 Å². The molecule has 2 aliphatic heterocycles. The van der Waals surface area contributed by atoms with E-state index in [4.69, 9.17) is 24.7 Å². The molecule has 358 valence electrons. The number of benzene rings is 2. The number of hydrogen-bond donors (Lipinski definition) is 4. The topological polar surface area (TPSA) is 222 Å². The highest BCUT2D eigenvalue weighted by Gasteiger charge is 2.43. The van der Waals surface area contributed by atoms with Crippen LogP contribution in [0.25, 0.3) is 10.9 Å². The zero-order valence-electron chi connectivity index (χ0n) is 40.5. The summed E-state index contributed by atoms with van der Waals surface area (Å²) in [5.74, 6) is -0.552. The van der Waals surface area contributed by atoms with Gasteiger partial charge in [0.2, 0.25) is 11.9 Å². The van der Waals surface area contributed by atoms with E-state index in [1.165, 1.54) is 4.57 Å². The van der Waals surface area contributed by atoms with E-state index >= 15 is 0 Å². The molecule has 3 atom stereocenters. The first-order chi connectivity index (χ1) is 29.9. The zero-order valence-corrected chi connectivity index (χ0v) is 41.3. The van der Waals surface area contributed by atoms with Gasteiger partial charge < -0.3 is 35.3 Å². The highest BCUT2D eigenvalue weighted by molar-refractivity contribution is 7.90. The Bertz CT molecular complexity index is 2460. The number of nitrogens with two attached hydrogens (primary N) is 1. The lowest BCUT2D eigenvalue weighted by atomic mass is 9.93. The highest BCUT2D eigenvalue weighted by atomic mass is 32.2. The second kappa shape index (κ2) is 18.9. The predicted molar refractivity (Wildman–Crippen MR) is 249 cm³/mol. The molecule has 0 aliphatic carbocycles. The second-order valence-electron chi connectivity index (χ2n) is 20.6. The number of hydrogen-bond acceptors (Lipinski definition) is 12. The summed E-state index contributed by atoms with van der Waals surface area (Å²) in [5.41, 5.74) is 7.30. The van der Waals surface area contributed by atoms with Crippen LogP contribution in [0.4, 0.5) is 9.59 Å². The average molecular weight is 924 g/mol. The number of sulfonamides is 1. The number of fused-ring (bicyclic) bond motifs is 2. The summed E-state index contributed by atoms with van der Waals surface area (Å²) in [6.45, 7) is 24.8. The number of carbonyl (C=O) groups excluding carboxylic acids is 4. The molecule has 2 aliphatic rings. The molecule has 0 bridgehead atoms. The molecule has 0 saturated carbocycles. The van der Waals surface area contributed by atoms with Crippen molar-refractivity contribution in [3.05, 3.63) is 58.3 Å². The van der Waals surface area contributed by atoms with Crippen molar-refractivity contribution >= 4 is 50.9 Å². The number of nitrogens with zero attached hydrogens (tertiary/aromatic N) is 3. The Hall–Kier alpha value is -5.36. The van der Waals surface area contributed by atoms with Crippen LogP contribution in [0.5, 0.6) is 5.75 Å². The fraction of sp³-hybridized carbons (Fsp3) is 0.596. The third-order valence-electron chi connectivity index (χ3n) is 11.1. The Morgan fingerprint density at radius 1 is 0.954 bits per heavy atom. The number of esters is 1. The first-order valence-corrected chi connectivity index (χ1v) is 23.6. The molecular weight excluding hydrogens is 855 g/mol. The van der Waals surface area contributed by atoms with Crippen LogP contribution in [-0.4, -0.2) is 108 Å². The molecule has 3 heterocycles. The molecule has 0 spiro atoms. The number of aliphatic imine (C=N–C) groups is 1. The van der Waals surface area contributed by atoms with Crippen LogP contribution < -0.4 is 25.8 Å². The average Bonchev–Trinajstić information content (AvgIpc) is 3.67. The molecule has 17 nitrogen and oxygen atoms in total. The zero-order chi connectivity index (χ0) is 48.6. The lowest BCUT2D eigenvalue weighted by molar-refractivity contribution is -0.159. The summed E-state index contributed by atoms with van der Waals surface area (Å²) in [5, 5.41) is 6.74. The Morgan fingerprint density at radius 2 is 1.58 bits per heavy atom. The van der Waals surface area contributed by atoms with Crippen LogP contribution in [-0.2, 0) is 46.7 Å². The maximum Gasteiger partial charge on any atom is 0.419 e. The number of nitrogens with one attached hydrogen (secondary N) is 3. The fourth-order valence-electron chi connectivity index (χ4n) is 8.45. The van der Waals surface area contributed by atoms with Crippen LogP contribution in [0, 0.1) is 20.8 Å². The number of para-hydroxylation sites is 1. The number of amides is 2. The summed E-state index contributed by atoms with van der Waals surface area (Å²) in [4.78, 5) is 60.7. The third kappa shape index (κ3) is 12.7. The third-order valence-corrected chi connectivity index (χ3v) is 12.7. The Balaban J connectivity index is 1.44. The van der Waals surface area contributed by atoms with Crippen molar-refractivity contribution in [2.24, 2.45) is 10.7 Å². The predicted octanol–water partition coefficient (Wildman–Crippen LogP) is 6.08. The molecule has 3 aromatic rings. The molecule has 2 aromatic carbocycles. The Kier molecular flexibility index (Phi) is 14.7. The normalized spacial score (nSPS) is 18.6. The largest absolute Gasteiger partial charge is 0.487 e. The van der Waals surface area contributed by atoms with Crippen molar-refractivity contribution in [2.45, 2.75) is 168 Å². The number of piperazine rings is 1. The highest BCUT2D eigenvalue weighted by Crippen LogP contribution is 2.43. The molecule has 1 fully saturated rings. The van der Waals surface area contributed by atoms with E-state index in [0.29, 0.717) is 34.4 Å². The first-order valence-electron chi connectivity index (χ1n) is 22.1. The van der Waals surface area contributed by atoms with Gasteiger partial charge in [0, 0.05) is 42.7 Å². The molecule has 5 N–H and O–H groups in total. The minimum atomic E-state index is -4.15. The van der Waals surface area contributed by atoms with Crippen LogP contribution in [0.1, 0.15) is 117 Å². The molecule has 0 unspecified atom stereocenters. The lowest BCUT2D eigenvalue weighted by Gasteiger charge is -2.44. The summed E-state index contributed by atoms with van der Waals surface area (Å²) in [7, 11) is -4.15. The number of alkyl carbamates (subject to hydrolysis) is 1. The minimum absolute atomic E-state index is 0.0377. The van der Waals surface area contributed by atoms with E-state index in [1.807, 2.05) is 39.0 Å². The first kappa shape index (κ1) is 50.6. The van der Waals surface area contributed by atoms with Crippen molar-refractivity contribution in [3.63, 3.8) is 0 Å². The van der Waals surface area contributed by atoms with Crippen molar-refractivity contribution in [3.8, 4) is 5.75 Å². The van der Waals surface area contributed by atoms with E-state index in [1.54, 1.807) is 93.3 Å². The van der Waals surface area contributed by atoms with Gasteiger partial charge in [0.25, 0.3) is 10.0 Å². The van der Waals surface area contributed by atoms with E-state index in [0.717, 1.165) is 16.5 Å². The molecular formula is C47H69N7O10S. The van der Waals surface area contributed by atoms with E-state index in [9.17, 15) is 27.6 Å². The summed E-state index contributed by atoms with van der Waals surface area (Å²) in [6, 6.07) is 4.94. The van der Waals surface area contributed by atoms with Gasteiger partial charge in [-0.15, -0.1) is 0 Å². The molecule has 2 amide bonds. The number of carbonyl (C=O) groups is 4. The SMILES string of the molecule is Cc1c(C)c(S(=O)(=O)NC(N)=NCCC[C@H]2C(=O)NC[C@H]([C@H](Cc3cn(C(=O)OC(C)(C)C)c4ccccc34)NC(=O)OC(C)(C)C)N2CC(=O)OC(C)(C)C)c(C)c2c1OC(C)(C)C2. The second-order valence-corrected chi connectivity index (χ2v) is 22.3. The number of rotatable bonds is 12. The van der Waals surface area contributed by atoms with Crippen LogP contribution in [0.15, 0.2) is 40.4 Å². The van der Waals surface area contributed by atoms with Crippen LogP contribution >= 0.6 is 0 Å². The molecule has 1 saturated heterocycles. The Labute approximate surface area is 383 Å². The summed E-state index contributed by atoms with van der Waals surface area (Å²) >= 11 is 0. The summed E-state index contributed by atoms with van der Waals surface area (Å²) in [6.07, 6.45) is 1.53. The van der Waals surface area contributed by atoms with Gasteiger partial charge >= 0.3 is 18.2 Å². The van der Waals surface area contributed by atoms with Crippen molar-refractivity contribution < 1.29 is 46.5 Å². The van der Waals surface area contributed by atoms with Gasteiger partial charge in [0.05, 0.1) is 29.0 Å². The standard InChI is InChI=1S/C47H69N7O10S/c1-27-28(2)39(29(3)32-23-47(13,14)62-38(27)32)65(59,60)52-41(48)49-21-17-20-35-40(56)50-24-36(53(35)26-37(55)61-44(4,5)6)33(51-42(57)63-45(7,8)9)22-30-25-54(43(58)64-46(10,11)12)34-19-16-15-18-31(30)34/h15-16,18-19,25,33,35-36H,17,20-24,26H2,1-14H3,(H,50,56)(H,51,57)(H3,48,49,52)/t33-,35-,36+/m0/s1. The molecule has 1 aromatic heterocycles. The van der Waals surface area contributed by atoms with Gasteiger partial charge in [0.1, 0.15) is 28.2 Å². The van der Waals surface area contributed by atoms with Gasteiger partial charge in [-0.25, -0.2) is 22.7 Å². The van der Waals surface area contributed by atoms with Gasteiger partial charge in [-0.2, -0.15) is 0 Å². The van der Waals surface area contributed by atoms with Crippen molar-refractivity contribution in [1.82, 2.24) is 24.8 Å². The molecule has 65 heavy (non-hydrogen) atoms. The lowest BCUT2D eigenvalue weighted by Crippen LogP contribution is -2.67. The Morgan fingerprint density at radius 3 is 2.22 bits per heavy atom. The van der Waals surface area contributed by atoms with E-state index < -0.39 is 68.7 Å². The number of ether oxygens (including phenoxy) is 4. The smallest absolute Gasteiger partial charge is 0.419 e. The van der Waals surface area contributed by atoms with Crippen LogP contribution in [0.2, 0.25) is 0 Å². The molecule has 0 radical (unpaired) electrons. The van der Waals surface area contributed by atoms with E-state index in [-0.39, 0.29) is 55.7 Å². The van der Waals surface area contributed by atoms with Gasteiger partial charge in [0.15, 0.2) is 0 Å². The van der Waals surface area contributed by atoms with Crippen LogP contribution in [0.3, 0.4) is 0 Å². The molecule has 18 heteroatoms. The van der Waals surface area contributed by atoms with Crippen molar-refractivity contribution in [2.75, 3.05) is 19.6 Å². The maximum absolute atomic E-state index is 13.8. The fourth-order valence-corrected chi connectivity index (χ4v) is 9.97. The number of aromatic nitrogens is 1. The van der Waals surface area contributed by atoms with Gasteiger partial charge in [-0.3, -0.25) is 24.0 Å². The molecule has 5 rings (SSSR count).